The Balaban J connectivity index is 2.69. The lowest BCUT2D eigenvalue weighted by Crippen LogP contribution is -2.07. The second-order valence-electron chi connectivity index (χ2n) is 3.63. The fourth-order valence-corrected chi connectivity index (χ4v) is 1.76. The Hall–Kier alpha value is -1.23. The van der Waals surface area contributed by atoms with Crippen LogP contribution in [0.1, 0.15) is 23.4 Å². The van der Waals surface area contributed by atoms with Gasteiger partial charge in [0.15, 0.2) is 0 Å². The van der Waals surface area contributed by atoms with Crippen molar-refractivity contribution in [3.8, 4) is 0 Å². The summed E-state index contributed by atoms with van der Waals surface area (Å²) in [6.07, 6.45) is -3.50. The van der Waals surface area contributed by atoms with E-state index < -0.39 is 22.9 Å². The SMILES string of the molecule is CC(Cl)c1coc2cc(C(F)(F)F)c(F)cc12. The molecule has 1 aromatic heterocycles. The van der Waals surface area contributed by atoms with Crippen LogP contribution >= 0.6 is 11.6 Å². The number of hydrogen-bond donors (Lipinski definition) is 0. The first-order valence-corrected chi connectivity index (χ1v) is 5.16. The van der Waals surface area contributed by atoms with Gasteiger partial charge in [-0.05, 0) is 19.1 Å². The van der Waals surface area contributed by atoms with E-state index in [0.29, 0.717) is 11.6 Å². The van der Waals surface area contributed by atoms with Gasteiger partial charge in [0.05, 0.1) is 17.2 Å². The van der Waals surface area contributed by atoms with E-state index >= 15 is 0 Å². The smallest absolute Gasteiger partial charge is 0.419 e. The van der Waals surface area contributed by atoms with E-state index in [-0.39, 0.29) is 11.0 Å². The average Bonchev–Trinajstić information content (AvgIpc) is 2.57. The normalized spacial score (nSPS) is 14.2. The molecular weight excluding hydrogens is 260 g/mol. The van der Waals surface area contributed by atoms with Gasteiger partial charge in [0, 0.05) is 10.9 Å². The van der Waals surface area contributed by atoms with E-state index in [2.05, 4.69) is 0 Å². The Morgan fingerprint density at radius 3 is 2.47 bits per heavy atom. The molecule has 0 radical (unpaired) electrons. The van der Waals surface area contributed by atoms with Crippen molar-refractivity contribution in [3.63, 3.8) is 0 Å². The van der Waals surface area contributed by atoms with Gasteiger partial charge in [-0.2, -0.15) is 13.2 Å². The van der Waals surface area contributed by atoms with Gasteiger partial charge in [-0.15, -0.1) is 11.6 Å². The molecule has 0 aliphatic carbocycles. The highest BCUT2D eigenvalue weighted by Gasteiger charge is 2.35. The van der Waals surface area contributed by atoms with Crippen LogP contribution in [0.15, 0.2) is 22.8 Å². The van der Waals surface area contributed by atoms with Crippen LogP contribution in [-0.2, 0) is 6.18 Å². The molecule has 0 bridgehead atoms. The number of rotatable bonds is 1. The molecule has 0 amide bonds. The number of benzene rings is 1. The lowest BCUT2D eigenvalue weighted by Gasteiger charge is -2.07. The fourth-order valence-electron chi connectivity index (χ4n) is 1.59. The van der Waals surface area contributed by atoms with Crippen molar-refractivity contribution in [2.24, 2.45) is 0 Å². The number of alkyl halides is 4. The van der Waals surface area contributed by atoms with Crippen LogP contribution in [0, 0.1) is 5.82 Å². The first kappa shape index (κ1) is 12.2. The number of halogens is 5. The van der Waals surface area contributed by atoms with Crippen molar-refractivity contribution in [3.05, 3.63) is 35.3 Å². The third-order valence-electron chi connectivity index (χ3n) is 2.43. The minimum absolute atomic E-state index is 0.0266. The van der Waals surface area contributed by atoms with Crippen molar-refractivity contribution in [1.82, 2.24) is 0 Å². The van der Waals surface area contributed by atoms with Gasteiger partial charge in [0.25, 0.3) is 0 Å². The Kier molecular flexibility index (Phi) is 2.81. The van der Waals surface area contributed by atoms with Gasteiger partial charge in [-0.1, -0.05) is 0 Å². The average molecular weight is 267 g/mol. The monoisotopic (exact) mass is 266 g/mol. The van der Waals surface area contributed by atoms with Gasteiger partial charge in [-0.25, -0.2) is 4.39 Å². The summed E-state index contributed by atoms with van der Waals surface area (Å²) in [7, 11) is 0. The molecule has 6 heteroatoms. The highest BCUT2D eigenvalue weighted by atomic mass is 35.5. The Morgan fingerprint density at radius 2 is 1.94 bits per heavy atom. The molecule has 92 valence electrons. The van der Waals surface area contributed by atoms with Crippen LogP contribution in [0.3, 0.4) is 0 Å². The summed E-state index contributed by atoms with van der Waals surface area (Å²) in [6, 6.07) is 1.45. The molecule has 0 saturated heterocycles. The molecule has 1 nitrogen and oxygen atoms in total. The molecule has 1 atom stereocenters. The standard InChI is InChI=1S/C11H7ClF4O/c1-5(12)7-4-17-10-3-8(11(14,15)16)9(13)2-6(7)10/h2-5H,1H3. The minimum atomic E-state index is -4.74. The highest BCUT2D eigenvalue weighted by Crippen LogP contribution is 2.37. The summed E-state index contributed by atoms with van der Waals surface area (Å²) < 4.78 is 55.6. The van der Waals surface area contributed by atoms with Crippen LogP contribution in [0.25, 0.3) is 11.0 Å². The summed E-state index contributed by atoms with van der Waals surface area (Å²) in [6.45, 7) is 1.63. The van der Waals surface area contributed by atoms with Gasteiger partial charge in [0.1, 0.15) is 11.4 Å². The molecule has 1 heterocycles. The number of hydrogen-bond acceptors (Lipinski definition) is 1. The third kappa shape index (κ3) is 2.11. The predicted octanol–water partition coefficient (Wildman–Crippen LogP) is 4.89. The van der Waals surface area contributed by atoms with E-state index in [1.807, 2.05) is 0 Å². The molecule has 0 N–H and O–H groups in total. The van der Waals surface area contributed by atoms with Crippen LogP contribution in [0.4, 0.5) is 17.6 Å². The maximum Gasteiger partial charge on any atom is 0.419 e. The zero-order valence-corrected chi connectivity index (χ0v) is 9.36. The zero-order chi connectivity index (χ0) is 12.8. The highest BCUT2D eigenvalue weighted by molar-refractivity contribution is 6.21. The fraction of sp³-hybridized carbons (Fsp3) is 0.273. The molecule has 0 aliphatic rings. The topological polar surface area (TPSA) is 13.1 Å². The Morgan fingerprint density at radius 1 is 1.29 bits per heavy atom. The molecule has 17 heavy (non-hydrogen) atoms. The van der Waals surface area contributed by atoms with Crippen molar-refractivity contribution in [1.29, 1.82) is 0 Å². The van der Waals surface area contributed by atoms with Gasteiger partial charge >= 0.3 is 6.18 Å². The zero-order valence-electron chi connectivity index (χ0n) is 8.61. The molecular formula is C11H7ClF4O. The molecule has 0 saturated carbocycles. The van der Waals surface area contributed by atoms with E-state index in [1.165, 1.54) is 6.26 Å². The summed E-state index contributed by atoms with van der Waals surface area (Å²) in [5.41, 5.74) is -0.899. The van der Waals surface area contributed by atoms with Crippen LogP contribution in [0.2, 0.25) is 0 Å². The first-order chi connectivity index (χ1) is 7.80. The number of fused-ring (bicyclic) bond motifs is 1. The quantitative estimate of drug-likeness (QED) is 0.529. The maximum atomic E-state index is 13.3. The maximum absolute atomic E-state index is 13.3. The van der Waals surface area contributed by atoms with Crippen molar-refractivity contribution in [2.75, 3.05) is 0 Å². The van der Waals surface area contributed by atoms with Crippen molar-refractivity contribution < 1.29 is 22.0 Å². The third-order valence-corrected chi connectivity index (χ3v) is 2.66. The van der Waals surface area contributed by atoms with E-state index in [4.69, 9.17) is 16.0 Å². The van der Waals surface area contributed by atoms with Gasteiger partial charge in [-0.3, -0.25) is 0 Å². The largest absolute Gasteiger partial charge is 0.464 e. The van der Waals surface area contributed by atoms with Gasteiger partial charge < -0.3 is 4.42 Å². The first-order valence-electron chi connectivity index (χ1n) is 4.72. The number of furan rings is 1. The molecule has 0 fully saturated rings. The Labute approximate surface area is 99.0 Å². The Bertz CT molecular complexity index is 556. The summed E-state index contributed by atoms with van der Waals surface area (Å²) in [5, 5.41) is -0.203. The van der Waals surface area contributed by atoms with Crippen molar-refractivity contribution >= 4 is 22.6 Å². The molecule has 0 spiro atoms. The second kappa shape index (κ2) is 3.91. The molecule has 1 aromatic carbocycles. The van der Waals surface area contributed by atoms with Gasteiger partial charge in [0.2, 0.25) is 0 Å². The lowest BCUT2D eigenvalue weighted by atomic mass is 10.1. The molecule has 0 aliphatic heterocycles. The second-order valence-corrected chi connectivity index (χ2v) is 4.29. The predicted molar refractivity (Wildman–Crippen MR) is 55.4 cm³/mol. The minimum Gasteiger partial charge on any atom is -0.464 e. The van der Waals surface area contributed by atoms with E-state index in [1.54, 1.807) is 6.92 Å². The molecule has 2 rings (SSSR count). The van der Waals surface area contributed by atoms with E-state index in [9.17, 15) is 17.6 Å². The summed E-state index contributed by atoms with van der Waals surface area (Å²) in [5.74, 6) is -1.33. The van der Waals surface area contributed by atoms with Crippen molar-refractivity contribution in [2.45, 2.75) is 18.5 Å². The van der Waals surface area contributed by atoms with Crippen LogP contribution in [-0.4, -0.2) is 0 Å². The lowest BCUT2D eigenvalue weighted by molar-refractivity contribution is -0.139. The molecule has 1 unspecified atom stereocenters. The van der Waals surface area contributed by atoms with E-state index in [0.717, 1.165) is 6.07 Å². The molecule has 2 aromatic rings. The van der Waals surface area contributed by atoms with Crippen LogP contribution in [0.5, 0.6) is 0 Å². The summed E-state index contributed by atoms with van der Waals surface area (Å²) >= 11 is 5.80. The van der Waals surface area contributed by atoms with Crippen LogP contribution < -0.4 is 0 Å². The summed E-state index contributed by atoms with van der Waals surface area (Å²) in [4.78, 5) is 0.